The van der Waals surface area contributed by atoms with E-state index in [1.165, 1.54) is 4.90 Å². The van der Waals surface area contributed by atoms with Crippen LogP contribution < -0.4 is 5.32 Å². The van der Waals surface area contributed by atoms with Gasteiger partial charge in [-0.2, -0.15) is 0 Å². The van der Waals surface area contributed by atoms with Crippen molar-refractivity contribution in [1.29, 1.82) is 0 Å². The Balaban J connectivity index is 2.37. The van der Waals surface area contributed by atoms with Crippen LogP contribution in [0.15, 0.2) is 33.6 Å². The van der Waals surface area contributed by atoms with Gasteiger partial charge in [0.2, 0.25) is 0 Å². The van der Waals surface area contributed by atoms with E-state index in [1.54, 1.807) is 7.11 Å². The van der Waals surface area contributed by atoms with Crippen molar-refractivity contribution in [3.63, 3.8) is 0 Å². The normalized spacial score (nSPS) is 12.6. The highest BCUT2D eigenvalue weighted by atomic mass is 79.9. The molecule has 0 heterocycles. The number of rotatable bonds is 8. The Labute approximate surface area is 117 Å². The van der Waals surface area contributed by atoms with E-state index in [2.05, 4.69) is 52.4 Å². The zero-order valence-corrected chi connectivity index (χ0v) is 12.8. The number of thioether (sulfide) groups is 1. The van der Waals surface area contributed by atoms with Crippen molar-refractivity contribution in [3.8, 4) is 0 Å². The van der Waals surface area contributed by atoms with Crippen molar-refractivity contribution >= 4 is 27.7 Å². The summed E-state index contributed by atoms with van der Waals surface area (Å²) in [7, 11) is 1.75. The predicted molar refractivity (Wildman–Crippen MR) is 78.8 cm³/mol. The fourth-order valence-electron chi connectivity index (χ4n) is 1.44. The topological polar surface area (TPSA) is 21.3 Å². The molecule has 0 aliphatic rings. The Kier molecular flexibility index (Phi) is 7.93. The minimum atomic E-state index is 0.425. The monoisotopic (exact) mass is 317 g/mol. The smallest absolute Gasteiger partial charge is 0.0624 e. The summed E-state index contributed by atoms with van der Waals surface area (Å²) >= 11 is 5.31. The molecule has 1 aromatic rings. The molecule has 1 N–H and O–H groups in total. The van der Waals surface area contributed by atoms with E-state index in [0.29, 0.717) is 6.04 Å². The summed E-state index contributed by atoms with van der Waals surface area (Å²) < 4.78 is 6.35. The van der Waals surface area contributed by atoms with E-state index in [4.69, 9.17) is 4.74 Å². The van der Waals surface area contributed by atoms with Gasteiger partial charge >= 0.3 is 0 Å². The molecule has 0 aliphatic heterocycles. The summed E-state index contributed by atoms with van der Waals surface area (Å²) in [5.41, 5.74) is 0. The molecule has 2 nitrogen and oxygen atoms in total. The summed E-state index contributed by atoms with van der Waals surface area (Å²) in [4.78, 5) is 1.30. The highest BCUT2D eigenvalue weighted by molar-refractivity contribution is 9.10. The Bertz CT molecular complexity index is 305. The highest BCUT2D eigenvalue weighted by Gasteiger charge is 2.07. The average Bonchev–Trinajstić information content (AvgIpc) is 2.35. The van der Waals surface area contributed by atoms with Gasteiger partial charge in [-0.1, -0.05) is 22.9 Å². The first-order valence-corrected chi connectivity index (χ1v) is 7.64. The van der Waals surface area contributed by atoms with Crippen LogP contribution in [-0.2, 0) is 4.74 Å². The number of methoxy groups -OCH3 is 1. The molecule has 96 valence electrons. The predicted octanol–water partition coefficient (Wildman–Crippen LogP) is 3.56. The zero-order valence-electron chi connectivity index (χ0n) is 10.4. The van der Waals surface area contributed by atoms with E-state index in [-0.39, 0.29) is 0 Å². The molecular formula is C13H20BrNOS. The fraction of sp³-hybridized carbons (Fsp3) is 0.538. The number of ether oxygens (including phenoxy) is 1. The quantitative estimate of drug-likeness (QED) is 0.741. The maximum absolute atomic E-state index is 5.23. The van der Waals surface area contributed by atoms with Gasteiger partial charge in [0.05, 0.1) is 6.61 Å². The molecule has 0 fully saturated rings. The van der Waals surface area contributed by atoms with E-state index in [1.807, 2.05) is 11.8 Å². The van der Waals surface area contributed by atoms with Gasteiger partial charge in [-0.05, 0) is 37.2 Å². The van der Waals surface area contributed by atoms with Gasteiger partial charge in [0.15, 0.2) is 0 Å². The second-order valence-electron chi connectivity index (χ2n) is 3.87. The van der Waals surface area contributed by atoms with Crippen molar-refractivity contribution in [2.45, 2.75) is 24.3 Å². The second kappa shape index (κ2) is 8.97. The van der Waals surface area contributed by atoms with Crippen LogP contribution >= 0.6 is 27.7 Å². The van der Waals surface area contributed by atoms with Crippen LogP contribution in [-0.4, -0.2) is 32.1 Å². The zero-order chi connectivity index (χ0) is 12.5. The van der Waals surface area contributed by atoms with Crippen LogP contribution in [0.1, 0.15) is 13.3 Å². The standard InChI is InChI=1S/C13H20BrNOS/c1-3-8-15-12(9-16-2)10-17-13-6-4-11(14)5-7-13/h4-7,12,15H,3,8-10H2,1-2H3. The maximum Gasteiger partial charge on any atom is 0.0624 e. The first-order chi connectivity index (χ1) is 8.26. The molecule has 0 radical (unpaired) electrons. The Morgan fingerprint density at radius 3 is 2.65 bits per heavy atom. The Morgan fingerprint density at radius 2 is 2.06 bits per heavy atom. The third kappa shape index (κ3) is 6.46. The summed E-state index contributed by atoms with van der Waals surface area (Å²) in [6.45, 7) is 4.00. The van der Waals surface area contributed by atoms with Crippen LogP contribution in [0.25, 0.3) is 0 Å². The minimum absolute atomic E-state index is 0.425. The lowest BCUT2D eigenvalue weighted by Gasteiger charge is -2.17. The molecule has 0 spiro atoms. The molecule has 0 saturated heterocycles. The Morgan fingerprint density at radius 1 is 1.35 bits per heavy atom. The fourth-order valence-corrected chi connectivity index (χ4v) is 2.64. The molecule has 0 saturated carbocycles. The molecule has 0 bridgehead atoms. The third-order valence-electron chi connectivity index (χ3n) is 2.32. The molecule has 1 aromatic carbocycles. The lowest BCUT2D eigenvalue weighted by molar-refractivity contribution is 0.174. The molecule has 0 aromatic heterocycles. The molecule has 4 heteroatoms. The second-order valence-corrected chi connectivity index (χ2v) is 5.88. The Hall–Kier alpha value is -0.0300. The molecule has 1 rings (SSSR count). The van der Waals surface area contributed by atoms with Gasteiger partial charge in [0, 0.05) is 28.3 Å². The molecule has 17 heavy (non-hydrogen) atoms. The van der Waals surface area contributed by atoms with E-state index in [0.717, 1.165) is 29.8 Å². The van der Waals surface area contributed by atoms with Crippen LogP contribution in [0.2, 0.25) is 0 Å². The van der Waals surface area contributed by atoms with Crippen molar-refractivity contribution in [1.82, 2.24) is 5.32 Å². The maximum atomic E-state index is 5.23. The van der Waals surface area contributed by atoms with Crippen LogP contribution in [0.4, 0.5) is 0 Å². The molecular weight excluding hydrogens is 298 g/mol. The lowest BCUT2D eigenvalue weighted by atomic mass is 10.3. The number of hydrogen-bond acceptors (Lipinski definition) is 3. The number of halogens is 1. The van der Waals surface area contributed by atoms with Gasteiger partial charge in [0.25, 0.3) is 0 Å². The van der Waals surface area contributed by atoms with E-state index < -0.39 is 0 Å². The van der Waals surface area contributed by atoms with E-state index >= 15 is 0 Å². The number of nitrogens with one attached hydrogen (secondary N) is 1. The summed E-state index contributed by atoms with van der Waals surface area (Å²) in [5.74, 6) is 1.04. The SMILES string of the molecule is CCCNC(COC)CSc1ccc(Br)cc1. The summed E-state index contributed by atoms with van der Waals surface area (Å²) in [5, 5.41) is 3.50. The number of benzene rings is 1. The van der Waals surface area contributed by atoms with Gasteiger partial charge in [-0.25, -0.2) is 0 Å². The first-order valence-electron chi connectivity index (χ1n) is 5.87. The first kappa shape index (κ1) is 15.0. The van der Waals surface area contributed by atoms with Crippen molar-refractivity contribution in [2.24, 2.45) is 0 Å². The van der Waals surface area contributed by atoms with Gasteiger partial charge in [0.1, 0.15) is 0 Å². The molecule has 0 amide bonds. The van der Waals surface area contributed by atoms with Crippen molar-refractivity contribution < 1.29 is 4.74 Å². The highest BCUT2D eigenvalue weighted by Crippen LogP contribution is 2.21. The van der Waals surface area contributed by atoms with Crippen LogP contribution in [0.3, 0.4) is 0 Å². The third-order valence-corrected chi connectivity index (χ3v) is 4.02. The molecule has 1 unspecified atom stereocenters. The summed E-state index contributed by atoms with van der Waals surface area (Å²) in [6.07, 6.45) is 1.16. The van der Waals surface area contributed by atoms with Crippen LogP contribution in [0.5, 0.6) is 0 Å². The largest absolute Gasteiger partial charge is 0.383 e. The minimum Gasteiger partial charge on any atom is -0.383 e. The van der Waals surface area contributed by atoms with Gasteiger partial charge in [-0.15, -0.1) is 11.8 Å². The van der Waals surface area contributed by atoms with Crippen molar-refractivity contribution in [2.75, 3.05) is 26.0 Å². The average molecular weight is 318 g/mol. The van der Waals surface area contributed by atoms with Crippen LogP contribution in [0, 0.1) is 0 Å². The van der Waals surface area contributed by atoms with Gasteiger partial charge < -0.3 is 10.1 Å². The molecule has 1 atom stereocenters. The summed E-state index contributed by atoms with van der Waals surface area (Å²) in [6, 6.07) is 8.85. The van der Waals surface area contributed by atoms with Crippen molar-refractivity contribution in [3.05, 3.63) is 28.7 Å². The lowest BCUT2D eigenvalue weighted by Crippen LogP contribution is -2.35. The van der Waals surface area contributed by atoms with E-state index in [9.17, 15) is 0 Å². The molecule has 0 aliphatic carbocycles. The number of hydrogen-bond donors (Lipinski definition) is 1. The van der Waals surface area contributed by atoms with Gasteiger partial charge in [-0.3, -0.25) is 0 Å².